The second-order valence-corrected chi connectivity index (χ2v) is 8.06. The smallest absolute Gasteiger partial charge is 0.260 e. The van der Waals surface area contributed by atoms with Crippen LogP contribution >= 0.6 is 11.6 Å². The Morgan fingerprint density at radius 1 is 1.20 bits per heavy atom. The van der Waals surface area contributed by atoms with Gasteiger partial charge in [0.1, 0.15) is 10.9 Å². The van der Waals surface area contributed by atoms with Gasteiger partial charge in [0.25, 0.3) is 5.91 Å². The van der Waals surface area contributed by atoms with E-state index in [4.69, 9.17) is 21.1 Å². The molecule has 3 heterocycles. The normalized spacial score (nSPS) is 21.4. The van der Waals surface area contributed by atoms with Crippen molar-refractivity contribution in [1.29, 1.82) is 0 Å². The molecule has 0 radical (unpaired) electrons. The maximum atomic E-state index is 13.4. The molecule has 0 aliphatic carbocycles. The minimum Gasteiger partial charge on any atom is -0.472 e. The van der Waals surface area contributed by atoms with Crippen molar-refractivity contribution in [1.82, 2.24) is 9.88 Å². The van der Waals surface area contributed by atoms with Gasteiger partial charge in [-0.25, -0.2) is 4.98 Å². The van der Waals surface area contributed by atoms with E-state index in [0.717, 1.165) is 21.9 Å². The average Bonchev–Trinajstić information content (AvgIpc) is 2.77. The second kappa shape index (κ2) is 7.87. The number of ether oxygens (including phenoxy) is 2. The Kier molecular flexibility index (Phi) is 5.06. The summed E-state index contributed by atoms with van der Waals surface area (Å²) in [6.07, 6.45) is 2.25. The molecule has 0 saturated carbocycles. The maximum absolute atomic E-state index is 13.4. The number of carbonyl (C=O) groups is 1. The summed E-state index contributed by atoms with van der Waals surface area (Å²) in [5, 5.41) is 12.8. The SMILES string of the molecule is O=C1c2cc(Cc3ccc(Cl)nc3)c3ccccc3c2OCN1[C@@H]1COCC[C@H]1O. The first kappa shape index (κ1) is 19.3. The summed E-state index contributed by atoms with van der Waals surface area (Å²) < 4.78 is 11.5. The highest BCUT2D eigenvalue weighted by atomic mass is 35.5. The molecule has 1 aromatic heterocycles. The Labute approximate surface area is 179 Å². The lowest BCUT2D eigenvalue weighted by molar-refractivity contribution is -0.0694. The van der Waals surface area contributed by atoms with Gasteiger partial charge in [0.2, 0.25) is 0 Å². The van der Waals surface area contributed by atoms with Gasteiger partial charge < -0.3 is 14.6 Å². The van der Waals surface area contributed by atoms with Crippen LogP contribution in [0.4, 0.5) is 0 Å². The summed E-state index contributed by atoms with van der Waals surface area (Å²) in [4.78, 5) is 19.1. The Morgan fingerprint density at radius 3 is 2.80 bits per heavy atom. The molecule has 30 heavy (non-hydrogen) atoms. The van der Waals surface area contributed by atoms with Crippen molar-refractivity contribution in [3.05, 3.63) is 70.5 Å². The quantitative estimate of drug-likeness (QED) is 0.652. The van der Waals surface area contributed by atoms with Crippen LogP contribution < -0.4 is 4.74 Å². The monoisotopic (exact) mass is 424 g/mol. The van der Waals surface area contributed by atoms with E-state index in [0.29, 0.717) is 42.5 Å². The van der Waals surface area contributed by atoms with Crippen molar-refractivity contribution in [2.45, 2.75) is 25.0 Å². The molecule has 2 aliphatic rings. The number of fused-ring (bicyclic) bond motifs is 3. The first-order valence-corrected chi connectivity index (χ1v) is 10.3. The summed E-state index contributed by atoms with van der Waals surface area (Å²) >= 11 is 5.92. The third kappa shape index (κ3) is 3.41. The van der Waals surface area contributed by atoms with Crippen molar-refractivity contribution in [3.8, 4) is 5.75 Å². The van der Waals surface area contributed by atoms with E-state index in [1.54, 1.807) is 17.2 Å². The number of pyridine rings is 1. The van der Waals surface area contributed by atoms with Gasteiger partial charge in [-0.3, -0.25) is 9.69 Å². The van der Waals surface area contributed by atoms with E-state index < -0.39 is 12.1 Å². The highest BCUT2D eigenvalue weighted by Gasteiger charge is 2.37. The van der Waals surface area contributed by atoms with Crippen molar-refractivity contribution in [3.63, 3.8) is 0 Å². The fourth-order valence-electron chi connectivity index (χ4n) is 4.22. The summed E-state index contributed by atoms with van der Waals surface area (Å²) in [7, 11) is 0. The number of aliphatic hydroxyl groups excluding tert-OH is 1. The molecule has 0 bridgehead atoms. The van der Waals surface area contributed by atoms with Crippen LogP contribution in [-0.4, -0.2) is 53.0 Å². The molecule has 3 aromatic rings. The number of halogens is 1. The van der Waals surface area contributed by atoms with Gasteiger partial charge >= 0.3 is 0 Å². The second-order valence-electron chi connectivity index (χ2n) is 7.67. The van der Waals surface area contributed by atoms with Crippen LogP contribution in [0, 0.1) is 0 Å². The van der Waals surface area contributed by atoms with E-state index in [1.807, 2.05) is 36.4 Å². The Bertz CT molecular complexity index is 1100. The van der Waals surface area contributed by atoms with Crippen LogP contribution in [0.1, 0.15) is 27.9 Å². The van der Waals surface area contributed by atoms with Crippen LogP contribution in [0.15, 0.2) is 48.7 Å². The number of nitrogens with zero attached hydrogens (tertiary/aromatic N) is 2. The van der Waals surface area contributed by atoms with E-state index in [1.165, 1.54) is 0 Å². The highest BCUT2D eigenvalue weighted by molar-refractivity contribution is 6.29. The van der Waals surface area contributed by atoms with Gasteiger partial charge in [-0.2, -0.15) is 0 Å². The Balaban J connectivity index is 1.57. The fraction of sp³-hybridized carbons (Fsp3) is 0.304. The summed E-state index contributed by atoms with van der Waals surface area (Å²) in [6, 6.07) is 13.1. The van der Waals surface area contributed by atoms with Gasteiger partial charge in [-0.15, -0.1) is 0 Å². The Morgan fingerprint density at radius 2 is 2.03 bits per heavy atom. The van der Waals surface area contributed by atoms with Gasteiger partial charge in [0, 0.05) is 18.2 Å². The van der Waals surface area contributed by atoms with Crippen LogP contribution in [0.25, 0.3) is 10.8 Å². The lowest BCUT2D eigenvalue weighted by Gasteiger charge is -2.39. The minimum absolute atomic E-state index is 0.0986. The first-order chi connectivity index (χ1) is 14.6. The molecule has 1 saturated heterocycles. The van der Waals surface area contributed by atoms with Gasteiger partial charge in [0.15, 0.2) is 6.73 Å². The number of benzene rings is 2. The Hall–Kier alpha value is -2.67. The summed E-state index contributed by atoms with van der Waals surface area (Å²) in [5.74, 6) is 0.447. The van der Waals surface area contributed by atoms with Crippen molar-refractivity contribution >= 4 is 28.3 Å². The molecule has 2 aromatic carbocycles. The molecular weight excluding hydrogens is 404 g/mol. The number of hydrogen-bond donors (Lipinski definition) is 1. The molecule has 7 heteroatoms. The predicted octanol–water partition coefficient (Wildman–Crippen LogP) is 3.42. The molecular formula is C23H21ClN2O4. The van der Waals surface area contributed by atoms with Crippen molar-refractivity contribution < 1.29 is 19.4 Å². The summed E-state index contributed by atoms with van der Waals surface area (Å²) in [6.45, 7) is 0.908. The van der Waals surface area contributed by atoms with Crippen LogP contribution in [0.5, 0.6) is 5.75 Å². The van der Waals surface area contributed by atoms with Crippen LogP contribution in [-0.2, 0) is 11.2 Å². The number of carbonyl (C=O) groups excluding carboxylic acids is 1. The largest absolute Gasteiger partial charge is 0.472 e. The zero-order valence-electron chi connectivity index (χ0n) is 16.3. The molecule has 1 fully saturated rings. The summed E-state index contributed by atoms with van der Waals surface area (Å²) in [5.41, 5.74) is 2.52. The number of rotatable bonds is 3. The number of amides is 1. The van der Waals surface area contributed by atoms with Crippen molar-refractivity contribution in [2.75, 3.05) is 19.9 Å². The van der Waals surface area contributed by atoms with E-state index in [-0.39, 0.29) is 12.6 Å². The third-order valence-electron chi connectivity index (χ3n) is 5.79. The van der Waals surface area contributed by atoms with E-state index >= 15 is 0 Å². The molecule has 2 atom stereocenters. The minimum atomic E-state index is -0.618. The third-order valence-corrected chi connectivity index (χ3v) is 6.02. The van der Waals surface area contributed by atoms with Crippen LogP contribution in [0.2, 0.25) is 5.15 Å². The number of aliphatic hydroxyl groups is 1. The average molecular weight is 425 g/mol. The zero-order chi connectivity index (χ0) is 20.7. The number of hydrogen-bond acceptors (Lipinski definition) is 5. The molecule has 1 amide bonds. The molecule has 0 spiro atoms. The molecule has 1 N–H and O–H groups in total. The lowest BCUT2D eigenvalue weighted by Crippen LogP contribution is -2.54. The van der Waals surface area contributed by atoms with Crippen LogP contribution in [0.3, 0.4) is 0 Å². The predicted molar refractivity (Wildman–Crippen MR) is 113 cm³/mol. The zero-order valence-corrected chi connectivity index (χ0v) is 17.0. The standard InChI is InChI=1S/C23H21ClN2O4/c24-21-6-5-14(11-25-21)9-15-10-18-22(17-4-2-1-3-16(15)17)30-13-26(23(18)28)19-12-29-8-7-20(19)27/h1-6,10-11,19-20,27H,7-9,12-13H2/t19-,20-/m1/s1. The van der Waals surface area contributed by atoms with Gasteiger partial charge in [0.05, 0.1) is 24.3 Å². The van der Waals surface area contributed by atoms with Gasteiger partial charge in [-0.05, 0) is 41.5 Å². The van der Waals surface area contributed by atoms with E-state index in [2.05, 4.69) is 4.98 Å². The molecule has 5 rings (SSSR count). The first-order valence-electron chi connectivity index (χ1n) is 9.96. The van der Waals surface area contributed by atoms with Crippen molar-refractivity contribution in [2.24, 2.45) is 0 Å². The molecule has 2 aliphatic heterocycles. The molecule has 154 valence electrons. The molecule has 6 nitrogen and oxygen atoms in total. The fourth-order valence-corrected chi connectivity index (χ4v) is 4.33. The highest BCUT2D eigenvalue weighted by Crippen LogP contribution is 2.37. The van der Waals surface area contributed by atoms with Gasteiger partial charge in [-0.1, -0.05) is 41.9 Å². The molecule has 0 unspecified atom stereocenters. The topological polar surface area (TPSA) is 71.9 Å². The lowest BCUT2D eigenvalue weighted by atomic mass is 9.94. The maximum Gasteiger partial charge on any atom is 0.260 e. The van der Waals surface area contributed by atoms with E-state index in [9.17, 15) is 9.90 Å². The number of aromatic nitrogens is 1.